The monoisotopic (exact) mass is 383 g/mol. The number of ether oxygens (including phenoxy) is 1. The van der Waals surface area contributed by atoms with E-state index >= 15 is 0 Å². The molecule has 0 radical (unpaired) electrons. The Balaban J connectivity index is 2.67. The Morgan fingerprint density at radius 1 is 1.19 bits per heavy atom. The Morgan fingerprint density at radius 3 is 2.27 bits per heavy atom. The Morgan fingerprint density at radius 2 is 1.77 bits per heavy atom. The highest BCUT2D eigenvalue weighted by Gasteiger charge is 2.38. The zero-order valence-electron chi connectivity index (χ0n) is 16.7. The molecule has 3 unspecified atom stereocenters. The zero-order valence-corrected chi connectivity index (χ0v) is 17.7. The Hall–Kier alpha value is -1.41. The molecule has 0 aromatic heterocycles. The minimum atomic E-state index is -2.06. The molecule has 1 aromatic rings. The molecule has 0 aliphatic carbocycles. The molecule has 1 amide bonds. The number of aliphatic hydroxyl groups is 2. The molecule has 3 atom stereocenters. The molecular weight excluding hydrogens is 350 g/mol. The van der Waals surface area contributed by atoms with Crippen molar-refractivity contribution in [2.75, 3.05) is 6.61 Å². The summed E-state index contributed by atoms with van der Waals surface area (Å²) in [7, 11) is -2.06. The third-order valence-corrected chi connectivity index (χ3v) is 9.35. The lowest BCUT2D eigenvalue weighted by atomic mass is 10.1. The molecule has 0 saturated heterocycles. The van der Waals surface area contributed by atoms with Crippen LogP contribution in [0.3, 0.4) is 0 Å². The highest BCUT2D eigenvalue weighted by molar-refractivity contribution is 6.74. The SMILES string of the molecule is CC(O)C(O)C(CO[Si](C)(C)C(C)(C)C)NC(=O)OCc1ccccc1. The summed E-state index contributed by atoms with van der Waals surface area (Å²) in [6, 6.07) is 8.57. The minimum absolute atomic E-state index is 0.00114. The molecule has 0 bridgehead atoms. The fourth-order valence-corrected chi connectivity index (χ4v) is 3.02. The van der Waals surface area contributed by atoms with Gasteiger partial charge in [0.25, 0.3) is 0 Å². The van der Waals surface area contributed by atoms with Gasteiger partial charge in [-0.05, 0) is 30.6 Å². The maximum Gasteiger partial charge on any atom is 0.407 e. The number of carbonyl (C=O) groups is 1. The molecule has 6 nitrogen and oxygen atoms in total. The van der Waals surface area contributed by atoms with Crippen LogP contribution in [0.1, 0.15) is 33.3 Å². The van der Waals surface area contributed by atoms with Gasteiger partial charge in [-0.3, -0.25) is 0 Å². The number of hydrogen-bond acceptors (Lipinski definition) is 5. The molecule has 0 heterocycles. The van der Waals surface area contributed by atoms with Crippen molar-refractivity contribution < 1.29 is 24.2 Å². The lowest BCUT2D eigenvalue weighted by molar-refractivity contribution is -0.00605. The van der Waals surface area contributed by atoms with E-state index in [0.29, 0.717) is 0 Å². The maximum absolute atomic E-state index is 12.1. The minimum Gasteiger partial charge on any atom is -0.445 e. The molecule has 7 heteroatoms. The summed E-state index contributed by atoms with van der Waals surface area (Å²) < 4.78 is 11.3. The van der Waals surface area contributed by atoms with Crippen LogP contribution in [0.5, 0.6) is 0 Å². The molecule has 1 aromatic carbocycles. The second kappa shape index (κ2) is 9.50. The van der Waals surface area contributed by atoms with Crippen LogP contribution in [0.25, 0.3) is 0 Å². The first-order valence-corrected chi connectivity index (χ1v) is 11.8. The number of nitrogens with one attached hydrogen (secondary N) is 1. The smallest absolute Gasteiger partial charge is 0.407 e. The Labute approximate surface area is 157 Å². The molecule has 0 aliphatic rings. The highest BCUT2D eigenvalue weighted by atomic mass is 28.4. The quantitative estimate of drug-likeness (QED) is 0.601. The molecule has 3 N–H and O–H groups in total. The summed E-state index contributed by atoms with van der Waals surface area (Å²) in [5, 5.41) is 22.6. The van der Waals surface area contributed by atoms with Crippen LogP contribution < -0.4 is 5.32 Å². The first-order valence-electron chi connectivity index (χ1n) is 8.91. The van der Waals surface area contributed by atoms with Crippen LogP contribution in [-0.2, 0) is 15.8 Å². The van der Waals surface area contributed by atoms with Gasteiger partial charge in [-0.2, -0.15) is 0 Å². The van der Waals surface area contributed by atoms with Gasteiger partial charge in [0.05, 0.1) is 18.8 Å². The molecule has 0 aliphatic heterocycles. The number of hydrogen-bond donors (Lipinski definition) is 3. The van der Waals surface area contributed by atoms with Gasteiger partial charge in [0.15, 0.2) is 8.32 Å². The Bertz CT molecular complexity index is 557. The second-order valence-electron chi connectivity index (χ2n) is 8.12. The summed E-state index contributed by atoms with van der Waals surface area (Å²) in [4.78, 5) is 12.1. The summed E-state index contributed by atoms with van der Waals surface area (Å²) in [5.74, 6) is 0. The second-order valence-corrected chi connectivity index (χ2v) is 12.9. The summed E-state index contributed by atoms with van der Waals surface area (Å²) in [6.45, 7) is 12.2. The number of carbonyl (C=O) groups excluding carboxylic acids is 1. The lowest BCUT2D eigenvalue weighted by Gasteiger charge is -2.38. The zero-order chi connectivity index (χ0) is 20.0. The average molecular weight is 384 g/mol. The Kier molecular flexibility index (Phi) is 8.27. The van der Waals surface area contributed by atoms with Gasteiger partial charge >= 0.3 is 6.09 Å². The predicted octanol–water partition coefficient (Wildman–Crippen LogP) is 3.04. The van der Waals surface area contributed by atoms with E-state index in [1.54, 1.807) is 0 Å². The van der Waals surface area contributed by atoms with Gasteiger partial charge in [-0.25, -0.2) is 4.79 Å². The van der Waals surface area contributed by atoms with E-state index in [0.717, 1.165) is 5.56 Å². The topological polar surface area (TPSA) is 88.0 Å². The van der Waals surface area contributed by atoms with Crippen LogP contribution in [0.15, 0.2) is 30.3 Å². The van der Waals surface area contributed by atoms with E-state index in [4.69, 9.17) is 9.16 Å². The molecular formula is C19H33NO5Si. The van der Waals surface area contributed by atoms with Crippen molar-refractivity contribution in [2.24, 2.45) is 0 Å². The van der Waals surface area contributed by atoms with Crippen LogP contribution in [-0.4, -0.2) is 49.5 Å². The van der Waals surface area contributed by atoms with Crippen molar-refractivity contribution in [3.63, 3.8) is 0 Å². The average Bonchev–Trinajstić information content (AvgIpc) is 2.56. The van der Waals surface area contributed by atoms with Crippen molar-refractivity contribution in [1.82, 2.24) is 5.32 Å². The van der Waals surface area contributed by atoms with Crippen molar-refractivity contribution in [1.29, 1.82) is 0 Å². The van der Waals surface area contributed by atoms with Crippen molar-refractivity contribution >= 4 is 14.4 Å². The van der Waals surface area contributed by atoms with Gasteiger partial charge in [-0.15, -0.1) is 0 Å². The van der Waals surface area contributed by atoms with Crippen molar-refractivity contribution in [2.45, 2.75) is 70.7 Å². The van der Waals surface area contributed by atoms with E-state index < -0.39 is 32.7 Å². The van der Waals surface area contributed by atoms with Gasteiger partial charge in [0, 0.05) is 0 Å². The third kappa shape index (κ3) is 7.07. The van der Waals surface area contributed by atoms with Crippen molar-refractivity contribution in [3.8, 4) is 0 Å². The summed E-state index contributed by atoms with van der Waals surface area (Å²) in [5.41, 5.74) is 0.868. The van der Waals surface area contributed by atoms with Crippen LogP contribution in [0.2, 0.25) is 18.1 Å². The normalized spacial score (nSPS) is 15.8. The van der Waals surface area contributed by atoms with Crippen molar-refractivity contribution in [3.05, 3.63) is 35.9 Å². The van der Waals surface area contributed by atoms with E-state index in [9.17, 15) is 15.0 Å². The maximum atomic E-state index is 12.1. The molecule has 0 spiro atoms. The van der Waals surface area contributed by atoms with Gasteiger partial charge < -0.3 is 24.7 Å². The lowest BCUT2D eigenvalue weighted by Crippen LogP contribution is -2.53. The van der Waals surface area contributed by atoms with Gasteiger partial charge in [0.2, 0.25) is 0 Å². The van der Waals surface area contributed by atoms with Crippen LogP contribution >= 0.6 is 0 Å². The number of alkyl carbamates (subject to hydrolysis) is 1. The number of aliphatic hydroxyl groups excluding tert-OH is 2. The molecule has 148 valence electrons. The van der Waals surface area contributed by atoms with Gasteiger partial charge in [0.1, 0.15) is 12.7 Å². The highest BCUT2D eigenvalue weighted by Crippen LogP contribution is 2.36. The molecule has 26 heavy (non-hydrogen) atoms. The van der Waals surface area contributed by atoms with E-state index in [2.05, 4.69) is 39.2 Å². The fourth-order valence-electron chi connectivity index (χ4n) is 1.99. The molecule has 1 rings (SSSR count). The van der Waals surface area contributed by atoms with E-state index in [1.165, 1.54) is 6.92 Å². The largest absolute Gasteiger partial charge is 0.445 e. The molecule has 0 saturated carbocycles. The predicted molar refractivity (Wildman–Crippen MR) is 104 cm³/mol. The summed E-state index contributed by atoms with van der Waals surface area (Å²) >= 11 is 0. The molecule has 0 fully saturated rings. The first kappa shape index (κ1) is 22.6. The van der Waals surface area contributed by atoms with Crippen LogP contribution in [0.4, 0.5) is 4.79 Å². The standard InChI is InChI=1S/C19H33NO5Si/c1-14(21)17(22)16(13-25-26(5,6)19(2,3)4)20-18(23)24-12-15-10-8-7-9-11-15/h7-11,14,16-17,21-22H,12-13H2,1-6H3,(H,20,23). The number of amides is 1. The van der Waals surface area contributed by atoms with E-state index in [1.807, 2.05) is 30.3 Å². The van der Waals surface area contributed by atoms with Crippen LogP contribution in [0, 0.1) is 0 Å². The van der Waals surface area contributed by atoms with Gasteiger partial charge in [-0.1, -0.05) is 51.1 Å². The summed E-state index contributed by atoms with van der Waals surface area (Å²) in [6.07, 6.45) is -2.81. The van der Waals surface area contributed by atoms with E-state index in [-0.39, 0.29) is 18.3 Å². The number of benzene rings is 1. The number of rotatable bonds is 8. The first-order chi connectivity index (χ1) is 11.9. The third-order valence-electron chi connectivity index (χ3n) is 4.85. The fraction of sp³-hybridized carbons (Fsp3) is 0.632.